The summed E-state index contributed by atoms with van der Waals surface area (Å²) in [4.78, 5) is 36.1. The largest absolute Gasteiger partial charge is 0.493 e. The lowest BCUT2D eigenvalue weighted by Crippen LogP contribution is -2.35. The first-order chi connectivity index (χ1) is 17.8. The molecule has 9 heteroatoms. The molecular weight excluding hydrogens is 475 g/mol. The van der Waals surface area contributed by atoms with E-state index in [1.54, 1.807) is 29.2 Å². The minimum atomic E-state index is -0.351. The standard InChI is InChI=1S/C28H33FN4O4/c1-31(2)27-20(16-19-11-12-21(29)17-23(19)30-27)18-33(15-7-14-32-13-6-10-25(32)34)28(35)22-8-5-9-24(36-3)26(22)37-4/h5,8-9,11-12,16-17H,6-7,10,13-15,18H2,1-4H3. The number of likely N-dealkylation sites (tertiary alicyclic amines) is 1. The van der Waals surface area contributed by atoms with E-state index in [0.29, 0.717) is 54.3 Å². The summed E-state index contributed by atoms with van der Waals surface area (Å²) in [7, 11) is 6.78. The summed E-state index contributed by atoms with van der Waals surface area (Å²) in [6, 6.07) is 11.7. The molecule has 2 aromatic carbocycles. The number of hydrogen-bond donors (Lipinski definition) is 0. The second-order valence-electron chi connectivity index (χ2n) is 9.31. The summed E-state index contributed by atoms with van der Waals surface area (Å²) < 4.78 is 24.8. The zero-order chi connectivity index (χ0) is 26.5. The van der Waals surface area contributed by atoms with Gasteiger partial charge in [0.25, 0.3) is 5.91 Å². The SMILES string of the molecule is COc1cccc(C(=O)N(CCCN2CCCC2=O)Cc2cc3ccc(F)cc3nc2N(C)C)c1OC. The molecule has 0 bridgehead atoms. The van der Waals surface area contributed by atoms with Crippen LogP contribution in [0.5, 0.6) is 11.5 Å². The van der Waals surface area contributed by atoms with Crippen molar-refractivity contribution < 1.29 is 23.5 Å². The van der Waals surface area contributed by atoms with Crippen LogP contribution in [0.4, 0.5) is 10.2 Å². The van der Waals surface area contributed by atoms with E-state index in [0.717, 1.165) is 23.9 Å². The third-order valence-electron chi connectivity index (χ3n) is 6.57. The van der Waals surface area contributed by atoms with Crippen molar-refractivity contribution in [3.63, 3.8) is 0 Å². The van der Waals surface area contributed by atoms with E-state index in [-0.39, 0.29) is 24.2 Å². The molecule has 0 atom stereocenters. The van der Waals surface area contributed by atoms with Crippen LogP contribution in [0.15, 0.2) is 42.5 Å². The van der Waals surface area contributed by atoms with Crippen LogP contribution in [0.1, 0.15) is 35.2 Å². The molecule has 4 rings (SSSR count). The highest BCUT2D eigenvalue weighted by atomic mass is 19.1. The molecule has 1 aliphatic rings. The number of ether oxygens (including phenoxy) is 2. The lowest BCUT2D eigenvalue weighted by Gasteiger charge is -2.27. The first-order valence-corrected chi connectivity index (χ1v) is 12.4. The minimum Gasteiger partial charge on any atom is -0.493 e. The quantitative estimate of drug-likeness (QED) is 0.410. The molecule has 0 aliphatic carbocycles. The van der Waals surface area contributed by atoms with Gasteiger partial charge in [0.2, 0.25) is 5.91 Å². The number of carbonyl (C=O) groups is 2. The third kappa shape index (κ3) is 5.76. The Bertz CT molecular complexity index is 1300. The van der Waals surface area contributed by atoms with E-state index < -0.39 is 0 Å². The Morgan fingerprint density at radius 2 is 1.95 bits per heavy atom. The number of benzene rings is 2. The lowest BCUT2D eigenvalue weighted by molar-refractivity contribution is -0.127. The molecule has 1 aliphatic heterocycles. The van der Waals surface area contributed by atoms with Gasteiger partial charge in [-0.2, -0.15) is 0 Å². The van der Waals surface area contributed by atoms with Gasteiger partial charge in [-0.1, -0.05) is 6.07 Å². The first kappa shape index (κ1) is 26.2. The van der Waals surface area contributed by atoms with Crippen molar-refractivity contribution in [2.75, 3.05) is 52.8 Å². The Hall–Kier alpha value is -3.88. The highest BCUT2D eigenvalue weighted by Crippen LogP contribution is 2.32. The predicted octanol–water partition coefficient (Wildman–Crippen LogP) is 4.11. The number of halogens is 1. The maximum Gasteiger partial charge on any atom is 0.258 e. The third-order valence-corrected chi connectivity index (χ3v) is 6.57. The average Bonchev–Trinajstić information content (AvgIpc) is 3.30. The molecule has 3 aromatic rings. The summed E-state index contributed by atoms with van der Waals surface area (Å²) in [6.07, 6.45) is 2.09. The molecule has 0 spiro atoms. The normalized spacial score (nSPS) is 13.2. The van der Waals surface area contributed by atoms with Crippen LogP contribution in [0.3, 0.4) is 0 Å². The molecule has 1 aromatic heterocycles. The highest BCUT2D eigenvalue weighted by molar-refractivity contribution is 5.98. The van der Waals surface area contributed by atoms with E-state index in [2.05, 4.69) is 4.98 Å². The van der Waals surface area contributed by atoms with Gasteiger partial charge in [-0.05, 0) is 43.2 Å². The van der Waals surface area contributed by atoms with Gasteiger partial charge >= 0.3 is 0 Å². The number of hydrogen-bond acceptors (Lipinski definition) is 6. The first-order valence-electron chi connectivity index (χ1n) is 12.4. The van der Waals surface area contributed by atoms with Crippen LogP contribution < -0.4 is 14.4 Å². The lowest BCUT2D eigenvalue weighted by atomic mass is 10.1. The number of anilines is 1. The molecule has 0 radical (unpaired) electrons. The Morgan fingerprint density at radius 3 is 2.62 bits per heavy atom. The summed E-state index contributed by atoms with van der Waals surface area (Å²) >= 11 is 0. The van der Waals surface area contributed by atoms with Crippen molar-refractivity contribution in [3.8, 4) is 11.5 Å². The monoisotopic (exact) mass is 508 g/mol. The zero-order valence-electron chi connectivity index (χ0n) is 21.8. The van der Waals surface area contributed by atoms with Crippen molar-refractivity contribution in [2.24, 2.45) is 0 Å². The van der Waals surface area contributed by atoms with Gasteiger partial charge in [-0.25, -0.2) is 9.37 Å². The smallest absolute Gasteiger partial charge is 0.258 e. The molecule has 37 heavy (non-hydrogen) atoms. The molecule has 2 heterocycles. The number of para-hydroxylation sites is 1. The van der Waals surface area contributed by atoms with Crippen molar-refractivity contribution in [1.29, 1.82) is 0 Å². The molecule has 2 amide bonds. The van der Waals surface area contributed by atoms with Gasteiger partial charge in [0.15, 0.2) is 11.5 Å². The average molecular weight is 509 g/mol. The van der Waals surface area contributed by atoms with Gasteiger partial charge in [0.1, 0.15) is 11.6 Å². The molecule has 1 fully saturated rings. The number of aromatic nitrogens is 1. The van der Waals surface area contributed by atoms with E-state index in [4.69, 9.17) is 9.47 Å². The molecule has 8 nitrogen and oxygen atoms in total. The Kier molecular flexibility index (Phi) is 8.11. The summed E-state index contributed by atoms with van der Waals surface area (Å²) in [5.74, 6) is 1.09. The number of carbonyl (C=O) groups excluding carboxylic acids is 2. The van der Waals surface area contributed by atoms with Crippen LogP contribution in [0.25, 0.3) is 10.9 Å². The molecule has 1 saturated heterocycles. The Morgan fingerprint density at radius 1 is 1.14 bits per heavy atom. The Labute approximate surface area is 216 Å². The van der Waals surface area contributed by atoms with Crippen LogP contribution in [0.2, 0.25) is 0 Å². The van der Waals surface area contributed by atoms with E-state index in [1.165, 1.54) is 26.4 Å². The van der Waals surface area contributed by atoms with Crippen molar-refractivity contribution in [3.05, 3.63) is 59.4 Å². The topological polar surface area (TPSA) is 75.2 Å². The fourth-order valence-electron chi connectivity index (χ4n) is 4.75. The van der Waals surface area contributed by atoms with Crippen LogP contribution in [-0.4, -0.2) is 74.5 Å². The van der Waals surface area contributed by atoms with Crippen molar-refractivity contribution >= 4 is 28.5 Å². The fourth-order valence-corrected chi connectivity index (χ4v) is 4.75. The molecule has 196 valence electrons. The molecule has 0 saturated carbocycles. The van der Waals surface area contributed by atoms with Crippen LogP contribution in [0, 0.1) is 5.82 Å². The Balaban J connectivity index is 1.68. The molecular formula is C28H33FN4O4. The maximum absolute atomic E-state index is 13.9. The van der Waals surface area contributed by atoms with Gasteiger partial charge in [0, 0.05) is 63.7 Å². The van der Waals surface area contributed by atoms with Crippen molar-refractivity contribution in [2.45, 2.75) is 25.8 Å². The summed E-state index contributed by atoms with van der Waals surface area (Å²) in [5, 5.41) is 0.788. The number of rotatable bonds is 10. The second-order valence-corrected chi connectivity index (χ2v) is 9.31. The highest BCUT2D eigenvalue weighted by Gasteiger charge is 2.25. The van der Waals surface area contributed by atoms with E-state index in [1.807, 2.05) is 30.0 Å². The van der Waals surface area contributed by atoms with Crippen LogP contribution >= 0.6 is 0 Å². The number of pyridine rings is 1. The van der Waals surface area contributed by atoms with Gasteiger partial charge in [-0.3, -0.25) is 9.59 Å². The van der Waals surface area contributed by atoms with Gasteiger partial charge < -0.3 is 24.2 Å². The summed E-state index contributed by atoms with van der Waals surface area (Å²) in [5.41, 5.74) is 1.77. The predicted molar refractivity (Wildman–Crippen MR) is 141 cm³/mol. The zero-order valence-corrected chi connectivity index (χ0v) is 21.8. The molecule has 0 N–H and O–H groups in total. The number of methoxy groups -OCH3 is 2. The minimum absolute atomic E-state index is 0.160. The number of fused-ring (bicyclic) bond motifs is 1. The number of nitrogens with zero attached hydrogens (tertiary/aromatic N) is 4. The van der Waals surface area contributed by atoms with E-state index >= 15 is 0 Å². The summed E-state index contributed by atoms with van der Waals surface area (Å²) in [6.45, 7) is 2.05. The van der Waals surface area contributed by atoms with Crippen LogP contribution in [-0.2, 0) is 11.3 Å². The maximum atomic E-state index is 13.9. The second kappa shape index (κ2) is 11.5. The molecule has 0 unspecified atom stereocenters. The van der Waals surface area contributed by atoms with Gasteiger partial charge in [-0.15, -0.1) is 0 Å². The fraction of sp³-hybridized carbons (Fsp3) is 0.393. The number of amides is 2. The van der Waals surface area contributed by atoms with E-state index in [9.17, 15) is 14.0 Å². The van der Waals surface area contributed by atoms with Gasteiger partial charge in [0.05, 0.1) is 25.3 Å². The van der Waals surface area contributed by atoms with Crippen molar-refractivity contribution in [1.82, 2.24) is 14.8 Å².